The maximum absolute atomic E-state index is 13.5. The quantitative estimate of drug-likeness (QED) is 0.133. The molecule has 0 bridgehead atoms. The van der Waals surface area contributed by atoms with Gasteiger partial charge in [-0.15, -0.1) is 0 Å². The fraction of sp³-hybridized carbons (Fsp3) is 0.763. The Bertz CT molecular complexity index is 1170. The highest BCUT2D eigenvalue weighted by atomic mass is 127. The molecule has 0 aliphatic heterocycles. The first-order valence-corrected chi connectivity index (χ1v) is 20.6. The van der Waals surface area contributed by atoms with Crippen LogP contribution in [-0.4, -0.2) is 12.1 Å². The van der Waals surface area contributed by atoms with Gasteiger partial charge in [0.2, 0.25) is 0 Å². The van der Waals surface area contributed by atoms with Gasteiger partial charge in [-0.1, -0.05) is 72.5 Å². The van der Waals surface area contributed by atoms with Gasteiger partial charge in [-0.25, -0.2) is 0 Å². The summed E-state index contributed by atoms with van der Waals surface area (Å²) in [6.07, 6.45) is 18.6. The van der Waals surface area contributed by atoms with E-state index in [1.807, 2.05) is 0 Å². The summed E-state index contributed by atoms with van der Waals surface area (Å²) in [7, 11) is 0. The van der Waals surface area contributed by atoms with Crippen LogP contribution in [0.4, 0.5) is 0 Å². The van der Waals surface area contributed by atoms with E-state index >= 15 is 0 Å². The molecule has 43 heavy (non-hydrogen) atoms. The molecule has 0 aromatic heterocycles. The van der Waals surface area contributed by atoms with Gasteiger partial charge in [-0.05, 0) is 190 Å². The number of allylic oxidation sites excluding steroid dienone is 1. The molecule has 1 aromatic rings. The summed E-state index contributed by atoms with van der Waals surface area (Å²) in [5.41, 5.74) is 3.75. The molecule has 4 unspecified atom stereocenters. The Balaban J connectivity index is 1.22. The first-order chi connectivity index (χ1) is 20.4. The lowest BCUT2D eigenvalue weighted by Crippen LogP contribution is -2.51. The van der Waals surface area contributed by atoms with Crippen molar-refractivity contribution in [1.82, 2.24) is 0 Å². The van der Waals surface area contributed by atoms with Crippen molar-refractivity contribution in [2.75, 3.05) is 0 Å². The van der Waals surface area contributed by atoms with Crippen molar-refractivity contribution in [2.24, 2.45) is 52.3 Å². The van der Waals surface area contributed by atoms with Crippen molar-refractivity contribution in [1.29, 1.82) is 0 Å². The van der Waals surface area contributed by atoms with Gasteiger partial charge in [-0.3, -0.25) is 4.79 Å². The van der Waals surface area contributed by atoms with Crippen molar-refractivity contribution in [3.8, 4) is 0 Å². The molecule has 4 aliphatic rings. The molecule has 0 spiro atoms. The van der Waals surface area contributed by atoms with E-state index in [9.17, 15) is 4.79 Å². The summed E-state index contributed by atoms with van der Waals surface area (Å²) < 4.78 is 10.1. The zero-order valence-electron chi connectivity index (χ0n) is 27.5. The molecule has 3 saturated carbocycles. The van der Waals surface area contributed by atoms with Gasteiger partial charge >= 0.3 is 5.97 Å². The minimum absolute atomic E-state index is 0.0171. The molecule has 2 nitrogen and oxygen atoms in total. The summed E-state index contributed by atoms with van der Waals surface area (Å²) in [6, 6.07) is 4.44. The van der Waals surface area contributed by atoms with Crippen LogP contribution in [-0.2, 0) is 16.0 Å². The highest BCUT2D eigenvalue weighted by molar-refractivity contribution is 14.1. The summed E-state index contributed by atoms with van der Waals surface area (Å²) in [5, 5.41) is 0. The fourth-order valence-electron chi connectivity index (χ4n) is 10.4. The molecule has 9 atom stereocenters. The number of rotatable bonds is 10. The van der Waals surface area contributed by atoms with Crippen molar-refractivity contribution in [3.63, 3.8) is 0 Å². The summed E-state index contributed by atoms with van der Waals surface area (Å²) in [4.78, 5) is 13.5. The van der Waals surface area contributed by atoms with Crippen LogP contribution in [0.1, 0.15) is 124 Å². The number of halogens is 3. The number of esters is 1. The second-order valence-corrected chi connectivity index (χ2v) is 19.3. The van der Waals surface area contributed by atoms with Crippen LogP contribution in [0.15, 0.2) is 23.8 Å². The van der Waals surface area contributed by atoms with Gasteiger partial charge < -0.3 is 4.74 Å². The SMILES string of the molecule is CCC(Cc1c(I)cc(I)cc1I)C(=O)O[C@H]1CC[C@@]2(C)C(=CCC3C2CC[C@@]2(C)C3CC[C@@H]2[C@H](C)CCCC(C)C)C1. The highest BCUT2D eigenvalue weighted by Gasteiger charge is 2.59. The smallest absolute Gasteiger partial charge is 0.309 e. The maximum Gasteiger partial charge on any atom is 0.309 e. The lowest BCUT2D eigenvalue weighted by Gasteiger charge is -2.58. The van der Waals surface area contributed by atoms with E-state index in [-0.39, 0.29) is 18.0 Å². The van der Waals surface area contributed by atoms with Crippen molar-refractivity contribution in [3.05, 3.63) is 40.1 Å². The molecular weight excluding hydrogens is 869 g/mol. The lowest BCUT2D eigenvalue weighted by molar-refractivity contribution is -0.156. The minimum atomic E-state index is -0.0702. The summed E-state index contributed by atoms with van der Waals surface area (Å²) >= 11 is 7.24. The van der Waals surface area contributed by atoms with Gasteiger partial charge in [0.15, 0.2) is 0 Å². The van der Waals surface area contributed by atoms with Crippen LogP contribution < -0.4 is 0 Å². The summed E-state index contributed by atoms with van der Waals surface area (Å²) in [6.45, 7) is 14.8. The number of hydrogen-bond acceptors (Lipinski definition) is 2. The molecule has 0 amide bonds. The molecule has 0 heterocycles. The van der Waals surface area contributed by atoms with E-state index in [2.05, 4.69) is 128 Å². The molecular formula is C38H55I3O2. The molecule has 0 N–H and O–H groups in total. The Labute approximate surface area is 303 Å². The molecule has 0 saturated heterocycles. The Morgan fingerprint density at radius 2 is 1.70 bits per heavy atom. The normalized spacial score (nSPS) is 35.0. The number of hydrogen-bond donors (Lipinski definition) is 0. The lowest BCUT2D eigenvalue weighted by atomic mass is 9.47. The molecule has 240 valence electrons. The van der Waals surface area contributed by atoms with Crippen LogP contribution in [0.25, 0.3) is 0 Å². The monoisotopic (exact) mass is 924 g/mol. The highest BCUT2D eigenvalue weighted by Crippen LogP contribution is 2.67. The summed E-state index contributed by atoms with van der Waals surface area (Å²) in [5.74, 6) is 5.11. The third kappa shape index (κ3) is 7.23. The second-order valence-electron chi connectivity index (χ2n) is 15.7. The van der Waals surface area contributed by atoms with Gasteiger partial charge in [0.05, 0.1) is 5.92 Å². The number of fused-ring (bicyclic) bond motifs is 5. The average Bonchev–Trinajstić information content (AvgIpc) is 3.30. The maximum atomic E-state index is 13.5. The Hall–Kier alpha value is 0.620. The molecule has 5 heteroatoms. The number of carbonyl (C=O) groups excluding carboxylic acids is 1. The van der Waals surface area contributed by atoms with Gasteiger partial charge in [-0.2, -0.15) is 0 Å². The topological polar surface area (TPSA) is 26.3 Å². The number of benzene rings is 1. The van der Waals surface area contributed by atoms with Crippen LogP contribution in [0, 0.1) is 63.0 Å². The molecule has 0 radical (unpaired) electrons. The number of carbonyl (C=O) groups is 1. The predicted molar refractivity (Wildman–Crippen MR) is 205 cm³/mol. The van der Waals surface area contributed by atoms with E-state index in [1.54, 1.807) is 5.57 Å². The largest absolute Gasteiger partial charge is 0.462 e. The van der Waals surface area contributed by atoms with Crippen LogP contribution in [0.3, 0.4) is 0 Å². The van der Waals surface area contributed by atoms with Gasteiger partial charge in [0.1, 0.15) is 6.10 Å². The molecule has 1 aromatic carbocycles. The predicted octanol–water partition coefficient (Wildman–Crippen LogP) is 12.0. The third-order valence-electron chi connectivity index (χ3n) is 12.9. The van der Waals surface area contributed by atoms with E-state index < -0.39 is 0 Å². The van der Waals surface area contributed by atoms with Crippen LogP contribution in [0.5, 0.6) is 0 Å². The third-order valence-corrected chi connectivity index (χ3v) is 15.5. The Kier molecular flexibility index (Phi) is 11.7. The van der Waals surface area contributed by atoms with Crippen LogP contribution in [0.2, 0.25) is 0 Å². The minimum Gasteiger partial charge on any atom is -0.462 e. The standard InChI is InChI=1S/C38H55I3O2/c1-7-25(19-30-34(40)21-27(39)22-35(30)41)36(42)43-28-15-17-37(5)26(20-28)11-12-29-32-14-13-31(24(4)10-8-9-23(2)3)38(32,6)18-16-33(29)37/h11,21-25,28-29,31-33H,7-10,12-20H2,1-6H3/t24-,25?,28+,29?,31-,32?,33?,37+,38-/m1/s1. The number of ether oxygens (including phenoxy) is 1. The second kappa shape index (κ2) is 14.4. The van der Waals surface area contributed by atoms with Crippen molar-refractivity contribution in [2.45, 2.75) is 131 Å². The first kappa shape index (κ1) is 34.9. The van der Waals surface area contributed by atoms with E-state index in [1.165, 1.54) is 74.1 Å². The zero-order chi connectivity index (χ0) is 31.1. The van der Waals surface area contributed by atoms with E-state index in [0.29, 0.717) is 10.8 Å². The fourth-order valence-corrected chi connectivity index (χ4v) is 14.4. The molecule has 5 rings (SSSR count). The van der Waals surface area contributed by atoms with Gasteiger partial charge in [0, 0.05) is 17.1 Å². The average molecular weight is 925 g/mol. The first-order valence-electron chi connectivity index (χ1n) is 17.4. The van der Waals surface area contributed by atoms with Gasteiger partial charge in [0.25, 0.3) is 0 Å². The van der Waals surface area contributed by atoms with Crippen molar-refractivity contribution >= 4 is 73.7 Å². The van der Waals surface area contributed by atoms with Crippen LogP contribution >= 0.6 is 67.8 Å². The molecule has 3 fully saturated rings. The molecule has 4 aliphatic carbocycles. The van der Waals surface area contributed by atoms with E-state index in [4.69, 9.17) is 4.74 Å². The van der Waals surface area contributed by atoms with E-state index in [0.717, 1.165) is 61.2 Å². The zero-order valence-corrected chi connectivity index (χ0v) is 34.0. The Morgan fingerprint density at radius 1 is 0.977 bits per heavy atom. The van der Waals surface area contributed by atoms with Crippen molar-refractivity contribution < 1.29 is 9.53 Å². The Morgan fingerprint density at radius 3 is 2.37 bits per heavy atom.